The van der Waals surface area contributed by atoms with E-state index in [-0.39, 0.29) is 18.0 Å². The van der Waals surface area contributed by atoms with Crippen LogP contribution >= 0.6 is 0 Å². The van der Waals surface area contributed by atoms with E-state index in [2.05, 4.69) is 11.2 Å². The Morgan fingerprint density at radius 2 is 2.25 bits per heavy atom. The number of carbonyl (C=O) groups excluding carboxylic acids is 1. The summed E-state index contributed by atoms with van der Waals surface area (Å²) in [5.74, 6) is 2.39. The van der Waals surface area contributed by atoms with Crippen LogP contribution in [-0.4, -0.2) is 18.0 Å². The quantitative estimate of drug-likeness (QED) is 0.591. The first kappa shape index (κ1) is 11.0. The van der Waals surface area contributed by atoms with Gasteiger partial charge in [0.15, 0.2) is 0 Å². The van der Waals surface area contributed by atoms with Crippen LogP contribution in [0.25, 0.3) is 0 Å². The minimum absolute atomic E-state index is 0.0299. The van der Waals surface area contributed by atoms with Crippen molar-refractivity contribution in [3.8, 4) is 12.3 Å². The summed E-state index contributed by atoms with van der Waals surface area (Å²) in [4.78, 5) is 11.1. The van der Waals surface area contributed by atoms with Crippen molar-refractivity contribution < 1.29 is 4.79 Å². The minimum Gasteiger partial charge on any atom is -0.343 e. The van der Waals surface area contributed by atoms with Crippen LogP contribution in [0.4, 0.5) is 0 Å². The number of hydrogen-bond donors (Lipinski definition) is 2. The van der Waals surface area contributed by atoms with E-state index in [0.29, 0.717) is 12.8 Å². The maximum Gasteiger partial charge on any atom is 0.221 e. The largest absolute Gasteiger partial charge is 0.343 e. The molecule has 0 saturated carbocycles. The van der Waals surface area contributed by atoms with Gasteiger partial charge >= 0.3 is 0 Å². The van der Waals surface area contributed by atoms with E-state index in [0.717, 1.165) is 0 Å². The molecule has 12 heavy (non-hydrogen) atoms. The Balaban J connectivity index is 3.55. The highest BCUT2D eigenvalue weighted by atomic mass is 16.1. The molecule has 0 heterocycles. The normalized spacial score (nSPS) is 14.5. The fourth-order valence-corrected chi connectivity index (χ4v) is 0.714. The average molecular weight is 168 g/mol. The highest BCUT2D eigenvalue weighted by molar-refractivity contribution is 5.76. The van der Waals surface area contributed by atoms with Crippen LogP contribution in [0.1, 0.15) is 26.7 Å². The third-order valence-corrected chi connectivity index (χ3v) is 1.45. The van der Waals surface area contributed by atoms with Gasteiger partial charge in [-0.3, -0.25) is 4.79 Å². The third kappa shape index (κ3) is 5.75. The second-order valence-electron chi connectivity index (χ2n) is 2.97. The third-order valence-electron chi connectivity index (χ3n) is 1.45. The lowest BCUT2D eigenvalue weighted by molar-refractivity contribution is -0.121. The molecule has 1 amide bonds. The van der Waals surface area contributed by atoms with E-state index < -0.39 is 0 Å². The fraction of sp³-hybridized carbons (Fsp3) is 0.667. The molecule has 0 aromatic rings. The smallest absolute Gasteiger partial charge is 0.221 e. The molecule has 0 fully saturated rings. The molecular formula is C9H16N2O. The van der Waals surface area contributed by atoms with Crippen LogP contribution in [-0.2, 0) is 4.79 Å². The summed E-state index contributed by atoms with van der Waals surface area (Å²) in [6.07, 6.45) is 6.23. The van der Waals surface area contributed by atoms with Gasteiger partial charge < -0.3 is 11.1 Å². The molecule has 0 saturated heterocycles. The van der Waals surface area contributed by atoms with Gasteiger partial charge in [-0.2, -0.15) is 0 Å². The standard InChI is InChI=1S/C9H16N2O/c1-4-8(3)11-9(12)6-5-7(2)10/h1,7-8H,5-6,10H2,2-3H3,(H,11,12). The van der Waals surface area contributed by atoms with Crippen LogP contribution < -0.4 is 11.1 Å². The predicted molar refractivity (Wildman–Crippen MR) is 49.3 cm³/mol. The first-order chi connectivity index (χ1) is 5.56. The Kier molecular flexibility index (Phi) is 5.14. The van der Waals surface area contributed by atoms with Crippen LogP contribution in [0.3, 0.4) is 0 Å². The Labute approximate surface area is 73.7 Å². The zero-order valence-corrected chi connectivity index (χ0v) is 7.63. The Morgan fingerprint density at radius 3 is 2.67 bits per heavy atom. The number of rotatable bonds is 4. The number of amides is 1. The average Bonchev–Trinajstić information content (AvgIpc) is 2.00. The summed E-state index contributed by atoms with van der Waals surface area (Å²) >= 11 is 0. The molecule has 3 N–H and O–H groups in total. The van der Waals surface area contributed by atoms with Gasteiger partial charge in [0.05, 0.1) is 6.04 Å². The van der Waals surface area contributed by atoms with E-state index in [4.69, 9.17) is 12.2 Å². The fourth-order valence-electron chi connectivity index (χ4n) is 0.714. The molecule has 0 aromatic carbocycles. The molecule has 0 radical (unpaired) electrons. The first-order valence-corrected chi connectivity index (χ1v) is 4.07. The van der Waals surface area contributed by atoms with Crippen molar-refractivity contribution in [3.05, 3.63) is 0 Å². The van der Waals surface area contributed by atoms with Crippen molar-refractivity contribution in [3.63, 3.8) is 0 Å². The molecule has 0 rings (SSSR count). The monoisotopic (exact) mass is 168 g/mol. The van der Waals surface area contributed by atoms with E-state index in [1.54, 1.807) is 6.92 Å². The van der Waals surface area contributed by atoms with Crippen molar-refractivity contribution in [2.75, 3.05) is 0 Å². The zero-order chi connectivity index (χ0) is 9.56. The van der Waals surface area contributed by atoms with E-state index in [1.807, 2.05) is 6.92 Å². The van der Waals surface area contributed by atoms with Crippen LogP contribution in [0, 0.1) is 12.3 Å². The molecule has 0 spiro atoms. The molecule has 2 unspecified atom stereocenters. The molecule has 0 bridgehead atoms. The molecule has 0 aliphatic heterocycles. The summed E-state index contributed by atoms with van der Waals surface area (Å²) in [5, 5.41) is 2.65. The Bertz CT molecular complexity index is 181. The van der Waals surface area contributed by atoms with Gasteiger partial charge in [0.2, 0.25) is 5.91 Å². The number of carbonyl (C=O) groups is 1. The van der Waals surface area contributed by atoms with Crippen molar-refractivity contribution >= 4 is 5.91 Å². The number of terminal acetylenes is 1. The Morgan fingerprint density at radius 1 is 1.67 bits per heavy atom. The van der Waals surface area contributed by atoms with Gasteiger partial charge in [-0.1, -0.05) is 5.92 Å². The van der Waals surface area contributed by atoms with E-state index in [9.17, 15) is 4.79 Å². The van der Waals surface area contributed by atoms with Crippen LogP contribution in [0.5, 0.6) is 0 Å². The first-order valence-electron chi connectivity index (χ1n) is 4.07. The number of nitrogens with two attached hydrogens (primary N) is 1. The maximum absolute atomic E-state index is 11.1. The van der Waals surface area contributed by atoms with Crippen molar-refractivity contribution in [1.82, 2.24) is 5.32 Å². The summed E-state index contributed by atoms with van der Waals surface area (Å²) < 4.78 is 0. The van der Waals surface area contributed by atoms with E-state index >= 15 is 0 Å². The summed E-state index contributed by atoms with van der Waals surface area (Å²) in [6, 6.07) is -0.123. The second kappa shape index (κ2) is 5.62. The molecule has 68 valence electrons. The molecule has 0 aromatic heterocycles. The van der Waals surface area contributed by atoms with Crippen molar-refractivity contribution in [1.29, 1.82) is 0 Å². The minimum atomic E-state index is -0.189. The summed E-state index contributed by atoms with van der Waals surface area (Å²) in [7, 11) is 0. The molecule has 3 nitrogen and oxygen atoms in total. The second-order valence-corrected chi connectivity index (χ2v) is 2.97. The van der Waals surface area contributed by atoms with E-state index in [1.165, 1.54) is 0 Å². The van der Waals surface area contributed by atoms with Gasteiger partial charge in [0, 0.05) is 12.5 Å². The summed E-state index contributed by atoms with van der Waals surface area (Å²) in [5.41, 5.74) is 5.48. The maximum atomic E-state index is 11.1. The topological polar surface area (TPSA) is 55.1 Å². The van der Waals surface area contributed by atoms with Crippen molar-refractivity contribution in [2.45, 2.75) is 38.8 Å². The van der Waals surface area contributed by atoms with Gasteiger partial charge in [-0.15, -0.1) is 6.42 Å². The lowest BCUT2D eigenvalue weighted by atomic mass is 10.2. The van der Waals surface area contributed by atoms with Crippen LogP contribution in [0.15, 0.2) is 0 Å². The van der Waals surface area contributed by atoms with Gasteiger partial charge in [0.25, 0.3) is 0 Å². The number of nitrogens with one attached hydrogen (secondary N) is 1. The molecule has 2 atom stereocenters. The lowest BCUT2D eigenvalue weighted by Crippen LogP contribution is -2.32. The Hall–Kier alpha value is -1.01. The molecule has 3 heteroatoms. The van der Waals surface area contributed by atoms with Crippen molar-refractivity contribution in [2.24, 2.45) is 5.73 Å². The lowest BCUT2D eigenvalue weighted by Gasteiger charge is -2.08. The highest BCUT2D eigenvalue weighted by Gasteiger charge is 2.05. The molecule has 0 aliphatic rings. The molecule has 0 aliphatic carbocycles. The van der Waals surface area contributed by atoms with Crippen LogP contribution in [0.2, 0.25) is 0 Å². The molecular weight excluding hydrogens is 152 g/mol. The highest BCUT2D eigenvalue weighted by Crippen LogP contribution is 1.93. The van der Waals surface area contributed by atoms with Gasteiger partial charge in [0.1, 0.15) is 0 Å². The SMILES string of the molecule is C#CC(C)NC(=O)CCC(C)N. The summed E-state index contributed by atoms with van der Waals surface area (Å²) in [6.45, 7) is 3.64. The van der Waals surface area contributed by atoms with Gasteiger partial charge in [-0.05, 0) is 20.3 Å². The number of hydrogen-bond acceptors (Lipinski definition) is 2. The zero-order valence-electron chi connectivity index (χ0n) is 7.63. The van der Waals surface area contributed by atoms with Gasteiger partial charge in [-0.25, -0.2) is 0 Å². The predicted octanol–water partition coefficient (Wildman–Crippen LogP) is 0.252.